The molecule has 1 amide bonds. The summed E-state index contributed by atoms with van der Waals surface area (Å²) in [5.74, 6) is 0.0613. The molecule has 2 aliphatic rings. The Bertz CT molecular complexity index is 1220. The Morgan fingerprint density at radius 3 is 2.52 bits per heavy atom. The van der Waals surface area contributed by atoms with E-state index >= 15 is 0 Å². The lowest BCUT2D eigenvalue weighted by atomic mass is 9.85. The zero-order chi connectivity index (χ0) is 23.6. The van der Waals surface area contributed by atoms with Gasteiger partial charge in [0.25, 0.3) is 5.56 Å². The quantitative estimate of drug-likeness (QED) is 0.691. The van der Waals surface area contributed by atoms with Crippen molar-refractivity contribution in [1.29, 1.82) is 0 Å². The summed E-state index contributed by atoms with van der Waals surface area (Å²) in [6.45, 7) is 8.82. The van der Waals surface area contributed by atoms with Crippen molar-refractivity contribution in [2.24, 2.45) is 10.4 Å². The van der Waals surface area contributed by atoms with Crippen LogP contribution in [0.4, 0.5) is 4.79 Å². The molecule has 2 aromatic rings. The number of aliphatic imine (C=N–C) groups is 1. The van der Waals surface area contributed by atoms with Crippen LogP contribution in [0.2, 0.25) is 0 Å². The van der Waals surface area contributed by atoms with Gasteiger partial charge in [-0.2, -0.15) is 0 Å². The number of nitrogens with one attached hydrogen (secondary N) is 2. The third-order valence-corrected chi connectivity index (χ3v) is 5.76. The van der Waals surface area contributed by atoms with Crippen LogP contribution >= 0.6 is 0 Å². The highest BCUT2D eigenvalue weighted by Crippen LogP contribution is 2.28. The average molecular weight is 451 g/mol. The van der Waals surface area contributed by atoms with Crippen LogP contribution in [0, 0.1) is 5.41 Å². The van der Waals surface area contributed by atoms with Crippen molar-refractivity contribution in [3.8, 4) is 5.88 Å². The van der Waals surface area contributed by atoms with Crippen LogP contribution in [-0.2, 0) is 0 Å². The molecule has 0 radical (unpaired) electrons. The first-order valence-electron chi connectivity index (χ1n) is 11.1. The van der Waals surface area contributed by atoms with Gasteiger partial charge in [-0.1, -0.05) is 51.1 Å². The van der Waals surface area contributed by atoms with E-state index in [4.69, 9.17) is 4.74 Å². The van der Waals surface area contributed by atoms with Gasteiger partial charge in [-0.25, -0.2) is 9.78 Å². The van der Waals surface area contributed by atoms with Crippen molar-refractivity contribution in [3.05, 3.63) is 56.9 Å². The molecule has 0 spiro atoms. The van der Waals surface area contributed by atoms with Crippen molar-refractivity contribution in [1.82, 2.24) is 25.1 Å². The molecule has 2 aliphatic heterocycles. The lowest BCUT2D eigenvalue weighted by Crippen LogP contribution is -2.49. The van der Waals surface area contributed by atoms with E-state index in [1.54, 1.807) is 17.3 Å². The normalized spacial score (nSPS) is 21.3. The van der Waals surface area contributed by atoms with E-state index in [-0.39, 0.29) is 28.2 Å². The summed E-state index contributed by atoms with van der Waals surface area (Å²) >= 11 is 0. The van der Waals surface area contributed by atoms with Gasteiger partial charge in [0, 0.05) is 26.2 Å². The van der Waals surface area contributed by atoms with Gasteiger partial charge in [0.15, 0.2) is 5.35 Å². The van der Waals surface area contributed by atoms with E-state index < -0.39 is 6.09 Å². The smallest absolute Gasteiger partial charge is 0.389 e. The summed E-state index contributed by atoms with van der Waals surface area (Å²) in [5, 5.41) is 3.57. The molecule has 0 aliphatic carbocycles. The Hall–Kier alpha value is -3.46. The third kappa shape index (κ3) is 5.14. The first-order valence-corrected chi connectivity index (χ1v) is 11.1. The van der Waals surface area contributed by atoms with Gasteiger partial charge in [-0.15, -0.1) is 0 Å². The number of aromatic amines is 1. The topological polar surface area (TPSA) is 103 Å². The molecule has 2 N–H and O–H groups in total. The maximum atomic E-state index is 13.1. The lowest BCUT2D eigenvalue weighted by Gasteiger charge is -2.31. The summed E-state index contributed by atoms with van der Waals surface area (Å²) in [7, 11) is 2.02. The molecule has 0 bridgehead atoms. The molecule has 1 atom stereocenters. The fraction of sp³-hybridized carbons (Fsp3) is 0.417. The van der Waals surface area contributed by atoms with Crippen LogP contribution in [0.5, 0.6) is 5.88 Å². The number of hydrogen-bond donors (Lipinski definition) is 2. The van der Waals surface area contributed by atoms with E-state index in [0.29, 0.717) is 24.1 Å². The largest absolute Gasteiger partial charge is 0.416 e. The molecular formula is C24H30N6O3. The predicted molar refractivity (Wildman–Crippen MR) is 127 cm³/mol. The second-order valence-electron chi connectivity index (χ2n) is 9.45. The number of carbonyl (C=O) groups is 1. The summed E-state index contributed by atoms with van der Waals surface area (Å²) in [4.78, 5) is 41.6. The number of hydrogen-bond acceptors (Lipinski definition) is 7. The summed E-state index contributed by atoms with van der Waals surface area (Å²) in [5.41, 5.74) is 0.836. The number of likely N-dealkylation sites (N-methyl/N-ethyl adjacent to an activating group) is 1. The minimum atomic E-state index is -0.482. The third-order valence-electron chi connectivity index (χ3n) is 5.76. The molecule has 4 rings (SSSR count). The summed E-state index contributed by atoms with van der Waals surface area (Å²) in [6.07, 6.45) is 2.84. The van der Waals surface area contributed by atoms with Crippen molar-refractivity contribution in [2.45, 2.75) is 26.8 Å². The molecule has 33 heavy (non-hydrogen) atoms. The van der Waals surface area contributed by atoms with E-state index in [2.05, 4.69) is 25.2 Å². The zero-order valence-corrected chi connectivity index (χ0v) is 19.5. The number of aromatic nitrogens is 2. The van der Waals surface area contributed by atoms with Crippen molar-refractivity contribution < 1.29 is 9.53 Å². The van der Waals surface area contributed by atoms with E-state index in [9.17, 15) is 9.59 Å². The highest BCUT2D eigenvalue weighted by atomic mass is 16.6. The van der Waals surface area contributed by atoms with Crippen LogP contribution < -0.4 is 26.3 Å². The zero-order valence-electron chi connectivity index (χ0n) is 19.5. The van der Waals surface area contributed by atoms with E-state index in [0.717, 1.165) is 18.7 Å². The van der Waals surface area contributed by atoms with Crippen molar-refractivity contribution in [3.63, 3.8) is 0 Å². The molecule has 1 saturated heterocycles. The first-order chi connectivity index (χ1) is 15.7. The molecule has 1 aromatic carbocycles. The SMILES string of the molecule is CN1CCN(C(=O)Oc2n/c(=C3\NC=NC3C(C)(C)C)c(=O)[nH]/c2=C\c2ccccc2)CC1. The van der Waals surface area contributed by atoms with Gasteiger partial charge in [0.05, 0.1) is 18.1 Å². The van der Waals surface area contributed by atoms with Crippen LogP contribution in [0.1, 0.15) is 26.3 Å². The minimum absolute atomic E-state index is 0.0613. The van der Waals surface area contributed by atoms with Crippen LogP contribution in [0.15, 0.2) is 40.1 Å². The highest BCUT2D eigenvalue weighted by Gasteiger charge is 2.32. The monoisotopic (exact) mass is 450 g/mol. The van der Waals surface area contributed by atoms with Gasteiger partial charge < -0.3 is 24.8 Å². The molecule has 1 aromatic heterocycles. The summed E-state index contributed by atoms with van der Waals surface area (Å²) in [6, 6.07) is 9.22. The van der Waals surface area contributed by atoms with Crippen molar-refractivity contribution >= 4 is 24.2 Å². The maximum Gasteiger partial charge on any atom is 0.416 e. The van der Waals surface area contributed by atoms with Gasteiger partial charge in [-0.05, 0) is 24.1 Å². The van der Waals surface area contributed by atoms with Crippen molar-refractivity contribution in [2.75, 3.05) is 33.2 Å². The Balaban J connectivity index is 1.81. The highest BCUT2D eigenvalue weighted by molar-refractivity contribution is 5.75. The Morgan fingerprint density at radius 2 is 1.85 bits per heavy atom. The number of piperazine rings is 1. The number of amides is 1. The molecular weight excluding hydrogens is 420 g/mol. The molecule has 9 heteroatoms. The Morgan fingerprint density at radius 1 is 1.15 bits per heavy atom. The van der Waals surface area contributed by atoms with Gasteiger partial charge >= 0.3 is 6.09 Å². The maximum absolute atomic E-state index is 13.1. The number of carbonyl (C=O) groups excluding carboxylic acids is 1. The van der Waals surface area contributed by atoms with Crippen LogP contribution in [0.25, 0.3) is 11.8 Å². The molecule has 3 heterocycles. The standard InChI is InChI=1S/C24H30N6O3/c1-24(2,3)20-18(25-15-26-20)19-21(31)27-17(14-16-8-6-5-7-9-16)22(28-19)33-23(32)30-12-10-29(4)11-13-30/h5-9,14-15,20H,10-13H2,1-4H3,(H,25,26)(H,27,31)/b17-14-,19-18-. The second kappa shape index (κ2) is 9.19. The predicted octanol–water partition coefficient (Wildman–Crippen LogP) is 0.499. The number of H-pyrrole nitrogens is 1. The average Bonchev–Trinajstić information content (AvgIpc) is 3.27. The fourth-order valence-electron chi connectivity index (χ4n) is 3.85. The Kier molecular flexibility index (Phi) is 6.33. The van der Waals surface area contributed by atoms with Gasteiger partial charge in [0.2, 0.25) is 5.88 Å². The molecule has 1 unspecified atom stereocenters. The lowest BCUT2D eigenvalue weighted by molar-refractivity contribution is 0.118. The fourth-order valence-corrected chi connectivity index (χ4v) is 3.85. The number of rotatable bonds is 2. The number of ether oxygens (including phenoxy) is 1. The van der Waals surface area contributed by atoms with Gasteiger partial charge in [0.1, 0.15) is 5.35 Å². The Labute approximate surface area is 192 Å². The van der Waals surface area contributed by atoms with Gasteiger partial charge in [-0.3, -0.25) is 9.79 Å². The minimum Gasteiger partial charge on any atom is -0.389 e. The first kappa shape index (κ1) is 22.7. The second-order valence-corrected chi connectivity index (χ2v) is 9.45. The molecule has 1 fully saturated rings. The number of nitrogens with zero attached hydrogens (tertiary/aromatic N) is 4. The van der Waals surface area contributed by atoms with E-state index in [1.807, 2.05) is 58.2 Å². The summed E-state index contributed by atoms with van der Waals surface area (Å²) < 4.78 is 5.74. The van der Waals surface area contributed by atoms with Crippen LogP contribution in [-0.4, -0.2) is 71.5 Å². The molecule has 9 nitrogen and oxygen atoms in total. The van der Waals surface area contributed by atoms with Crippen LogP contribution in [0.3, 0.4) is 0 Å². The van der Waals surface area contributed by atoms with E-state index in [1.165, 1.54) is 0 Å². The molecule has 174 valence electrons. The molecule has 0 saturated carbocycles. The number of benzene rings is 1.